The fraction of sp³-hybridized carbons (Fsp3) is 0.700. The molecule has 1 aliphatic heterocycles. The van der Waals surface area contributed by atoms with Crippen LogP contribution in [-0.4, -0.2) is 16.9 Å². The average Bonchev–Trinajstić information content (AvgIpc) is 2.56. The topological polar surface area (TPSA) is 26.3 Å². The van der Waals surface area contributed by atoms with Crippen LogP contribution in [0.15, 0.2) is 12.7 Å². The first-order valence-corrected chi connectivity index (χ1v) is 5.43. The molecule has 78 valence electrons. The maximum Gasteiger partial charge on any atom is 0.312 e. The molecule has 0 aromatic carbocycles. The van der Waals surface area contributed by atoms with Crippen molar-refractivity contribution in [1.29, 1.82) is 0 Å². The highest BCUT2D eigenvalue weighted by Crippen LogP contribution is 2.58. The number of allylic oxidation sites excluding steroid dienone is 1. The van der Waals surface area contributed by atoms with Gasteiger partial charge in [0.2, 0.25) is 0 Å². The summed E-state index contributed by atoms with van der Waals surface area (Å²) in [6.45, 7) is 4.22. The first-order valence-electron chi connectivity index (χ1n) is 4.68. The van der Waals surface area contributed by atoms with Gasteiger partial charge in [-0.05, 0) is 25.2 Å². The number of cyclic esters (lactones) is 1. The lowest BCUT2D eigenvalue weighted by molar-refractivity contribution is -0.147. The number of halogens is 2. The Morgan fingerprint density at radius 3 is 2.79 bits per heavy atom. The molecule has 0 aromatic rings. The van der Waals surface area contributed by atoms with Crippen LogP contribution in [0, 0.1) is 11.3 Å². The molecule has 1 spiro atoms. The molecule has 1 saturated heterocycles. The average molecular weight is 235 g/mol. The monoisotopic (exact) mass is 234 g/mol. The molecule has 0 aromatic heterocycles. The van der Waals surface area contributed by atoms with Gasteiger partial charge in [-0.25, -0.2) is 0 Å². The smallest absolute Gasteiger partial charge is 0.312 e. The molecular weight excluding hydrogens is 223 g/mol. The molecule has 1 saturated carbocycles. The van der Waals surface area contributed by atoms with Gasteiger partial charge in [0, 0.05) is 0 Å². The number of carbonyl (C=O) groups is 1. The predicted octanol–water partition coefficient (Wildman–Crippen LogP) is 2.69. The van der Waals surface area contributed by atoms with Gasteiger partial charge in [-0.2, -0.15) is 0 Å². The van der Waals surface area contributed by atoms with Crippen molar-refractivity contribution in [3.63, 3.8) is 0 Å². The summed E-state index contributed by atoms with van der Waals surface area (Å²) in [6.07, 6.45) is 3.57. The number of hydrogen-bond acceptors (Lipinski definition) is 2. The van der Waals surface area contributed by atoms with E-state index < -0.39 is 9.75 Å². The highest BCUT2D eigenvalue weighted by Gasteiger charge is 2.59. The summed E-state index contributed by atoms with van der Waals surface area (Å²) in [6, 6.07) is 0. The SMILES string of the molecule is C=C[C@H]1CC(Cl)(Cl)C[C@]12CCOC2=O. The minimum absolute atomic E-state index is 0.0486. The summed E-state index contributed by atoms with van der Waals surface area (Å²) in [7, 11) is 0. The van der Waals surface area contributed by atoms with Crippen molar-refractivity contribution in [2.24, 2.45) is 11.3 Å². The molecule has 1 heterocycles. The largest absolute Gasteiger partial charge is 0.465 e. The van der Waals surface area contributed by atoms with E-state index in [4.69, 9.17) is 27.9 Å². The van der Waals surface area contributed by atoms with Crippen LogP contribution in [0.4, 0.5) is 0 Å². The summed E-state index contributed by atoms with van der Waals surface area (Å²) >= 11 is 12.2. The fourth-order valence-corrected chi connectivity index (χ4v) is 3.37. The number of ether oxygens (including phenoxy) is 1. The van der Waals surface area contributed by atoms with Crippen LogP contribution in [0.5, 0.6) is 0 Å². The maximum atomic E-state index is 11.7. The molecule has 4 heteroatoms. The molecule has 1 aliphatic carbocycles. The summed E-state index contributed by atoms with van der Waals surface area (Å²) < 4.78 is 4.21. The van der Waals surface area contributed by atoms with Crippen LogP contribution in [0.1, 0.15) is 19.3 Å². The molecule has 2 nitrogen and oxygen atoms in total. The number of carbonyl (C=O) groups excluding carboxylic acids is 1. The van der Waals surface area contributed by atoms with E-state index in [1.807, 2.05) is 0 Å². The zero-order valence-electron chi connectivity index (χ0n) is 7.76. The minimum atomic E-state index is -0.803. The van der Waals surface area contributed by atoms with Crippen molar-refractivity contribution in [3.05, 3.63) is 12.7 Å². The van der Waals surface area contributed by atoms with Crippen molar-refractivity contribution >= 4 is 29.2 Å². The maximum absolute atomic E-state index is 11.7. The molecule has 2 rings (SSSR count). The lowest BCUT2D eigenvalue weighted by Crippen LogP contribution is -2.30. The van der Waals surface area contributed by atoms with Crippen LogP contribution in [0.25, 0.3) is 0 Å². The van der Waals surface area contributed by atoms with Gasteiger partial charge in [-0.1, -0.05) is 6.08 Å². The number of alkyl halides is 2. The second-order valence-electron chi connectivity index (χ2n) is 4.12. The second kappa shape index (κ2) is 3.14. The van der Waals surface area contributed by atoms with Crippen molar-refractivity contribution in [1.82, 2.24) is 0 Å². The van der Waals surface area contributed by atoms with Gasteiger partial charge < -0.3 is 4.74 Å². The van der Waals surface area contributed by atoms with Crippen LogP contribution in [-0.2, 0) is 9.53 Å². The van der Waals surface area contributed by atoms with E-state index in [1.54, 1.807) is 6.08 Å². The van der Waals surface area contributed by atoms with Crippen molar-refractivity contribution in [2.75, 3.05) is 6.61 Å². The van der Waals surface area contributed by atoms with Crippen LogP contribution >= 0.6 is 23.2 Å². The van der Waals surface area contributed by atoms with E-state index in [2.05, 4.69) is 6.58 Å². The fourth-order valence-electron chi connectivity index (χ4n) is 2.56. The molecule has 14 heavy (non-hydrogen) atoms. The zero-order valence-corrected chi connectivity index (χ0v) is 9.27. The van der Waals surface area contributed by atoms with Gasteiger partial charge in [-0.3, -0.25) is 4.79 Å². The second-order valence-corrected chi connectivity index (χ2v) is 5.76. The molecule has 2 fully saturated rings. The van der Waals surface area contributed by atoms with Gasteiger partial charge in [-0.15, -0.1) is 29.8 Å². The van der Waals surface area contributed by atoms with Crippen molar-refractivity contribution in [3.8, 4) is 0 Å². The lowest BCUT2D eigenvalue weighted by atomic mass is 9.77. The lowest BCUT2D eigenvalue weighted by Gasteiger charge is -2.23. The molecule has 0 amide bonds. The number of esters is 1. The molecule has 0 unspecified atom stereocenters. The van der Waals surface area contributed by atoms with Crippen LogP contribution < -0.4 is 0 Å². The van der Waals surface area contributed by atoms with E-state index in [0.717, 1.165) is 0 Å². The highest BCUT2D eigenvalue weighted by atomic mass is 35.5. The first kappa shape index (κ1) is 10.3. The van der Waals surface area contributed by atoms with E-state index in [0.29, 0.717) is 25.9 Å². The summed E-state index contributed by atoms with van der Waals surface area (Å²) in [5.74, 6) is -0.113. The first-order chi connectivity index (χ1) is 6.50. The Morgan fingerprint density at radius 2 is 2.29 bits per heavy atom. The van der Waals surface area contributed by atoms with Crippen LogP contribution in [0.3, 0.4) is 0 Å². The third-order valence-electron chi connectivity index (χ3n) is 3.27. The number of rotatable bonds is 1. The predicted molar refractivity (Wildman–Crippen MR) is 55.4 cm³/mol. The molecule has 0 N–H and O–H groups in total. The van der Waals surface area contributed by atoms with Crippen molar-refractivity contribution in [2.45, 2.75) is 23.6 Å². The Labute approximate surface area is 93.2 Å². The quantitative estimate of drug-likeness (QED) is 0.396. The summed E-state index contributed by atoms with van der Waals surface area (Å²) in [5.41, 5.74) is -0.495. The summed E-state index contributed by atoms with van der Waals surface area (Å²) in [5, 5.41) is 0. The van der Waals surface area contributed by atoms with E-state index in [-0.39, 0.29) is 11.9 Å². The van der Waals surface area contributed by atoms with E-state index >= 15 is 0 Å². The summed E-state index contributed by atoms with van der Waals surface area (Å²) in [4.78, 5) is 11.7. The van der Waals surface area contributed by atoms with Gasteiger partial charge in [0.25, 0.3) is 0 Å². The van der Waals surface area contributed by atoms with E-state index in [9.17, 15) is 4.79 Å². The van der Waals surface area contributed by atoms with Gasteiger partial charge in [0.1, 0.15) is 4.33 Å². The Hall–Kier alpha value is -0.210. The number of hydrogen-bond donors (Lipinski definition) is 0. The molecule has 0 bridgehead atoms. The van der Waals surface area contributed by atoms with Gasteiger partial charge >= 0.3 is 5.97 Å². The Bertz CT molecular complexity index is 288. The van der Waals surface area contributed by atoms with Gasteiger partial charge in [0.05, 0.1) is 12.0 Å². The molecule has 2 atom stereocenters. The van der Waals surface area contributed by atoms with Crippen molar-refractivity contribution < 1.29 is 9.53 Å². The standard InChI is InChI=1S/C10H12Cl2O2/c1-2-7-5-10(11,12)6-9(7)3-4-14-8(9)13/h2,7H,1,3-6H2/t7-,9+/m0/s1. The minimum Gasteiger partial charge on any atom is -0.465 e. The zero-order chi connectivity index (χ0) is 10.4. The molecule has 2 aliphatic rings. The van der Waals surface area contributed by atoms with E-state index in [1.165, 1.54) is 0 Å². The normalized spacial score (nSPS) is 40.1. The highest BCUT2D eigenvalue weighted by molar-refractivity contribution is 6.48. The Kier molecular flexibility index (Phi) is 2.31. The Balaban J connectivity index is 2.34. The molecule has 0 radical (unpaired) electrons. The third-order valence-corrected chi connectivity index (χ3v) is 3.85. The van der Waals surface area contributed by atoms with Gasteiger partial charge in [0.15, 0.2) is 0 Å². The van der Waals surface area contributed by atoms with Crippen LogP contribution in [0.2, 0.25) is 0 Å². The Morgan fingerprint density at radius 1 is 1.57 bits per heavy atom. The third kappa shape index (κ3) is 1.36. The molecular formula is C10H12Cl2O2.